The summed E-state index contributed by atoms with van der Waals surface area (Å²) in [6, 6.07) is -0.882. The second kappa shape index (κ2) is 49.4. The van der Waals surface area contributed by atoms with Gasteiger partial charge in [0.1, 0.15) is 13.2 Å². The maximum Gasteiger partial charge on any atom is 0.268 e. The van der Waals surface area contributed by atoms with Crippen molar-refractivity contribution < 1.29 is 32.9 Å². The SMILES string of the molecule is CCCCCCC/C=C\C/C=C\C/C=C\CCCCCCCCCCCCCCCCCCCCCCCCC(=O)NC(COP(=O)([O-])OCC[N+](C)(C)C)C(O)/C=C/CCCCCCCC. The maximum absolute atomic E-state index is 12.9. The number of aliphatic hydroxyl groups excluding tert-OH is 1. The zero-order valence-corrected chi connectivity index (χ0v) is 45.7. The zero-order valence-electron chi connectivity index (χ0n) is 44.9. The van der Waals surface area contributed by atoms with Crippen molar-refractivity contribution >= 4 is 13.7 Å². The first-order valence-electron chi connectivity index (χ1n) is 28.5. The third kappa shape index (κ3) is 52.1. The first-order valence-corrected chi connectivity index (χ1v) is 30.0. The number of allylic oxidation sites excluding steroid dienone is 7. The van der Waals surface area contributed by atoms with E-state index in [-0.39, 0.29) is 19.1 Å². The molecule has 67 heavy (non-hydrogen) atoms. The molecule has 0 saturated carbocycles. The number of aliphatic hydroxyl groups is 1. The molecule has 394 valence electrons. The van der Waals surface area contributed by atoms with E-state index >= 15 is 0 Å². The molecule has 2 N–H and O–H groups in total. The Hall–Kier alpha value is -1.54. The van der Waals surface area contributed by atoms with Gasteiger partial charge in [-0.15, -0.1) is 0 Å². The van der Waals surface area contributed by atoms with Crippen LogP contribution in [0.4, 0.5) is 0 Å². The first-order chi connectivity index (χ1) is 32.5. The van der Waals surface area contributed by atoms with Crippen LogP contribution in [0.25, 0.3) is 0 Å². The minimum atomic E-state index is -4.58. The molecule has 0 rings (SSSR count). The number of quaternary nitrogens is 1. The van der Waals surface area contributed by atoms with Gasteiger partial charge in [-0.1, -0.05) is 249 Å². The Morgan fingerprint density at radius 1 is 0.522 bits per heavy atom. The zero-order chi connectivity index (χ0) is 49.2. The quantitative estimate of drug-likeness (QED) is 0.0272. The number of hydrogen-bond donors (Lipinski definition) is 2. The highest BCUT2D eigenvalue weighted by Crippen LogP contribution is 2.38. The lowest BCUT2D eigenvalue weighted by atomic mass is 10.0. The number of carbonyl (C=O) groups is 1. The van der Waals surface area contributed by atoms with E-state index in [0.29, 0.717) is 17.4 Å². The van der Waals surface area contributed by atoms with Crippen LogP contribution in [0.3, 0.4) is 0 Å². The molecular formula is C58H111N2O6P. The second-order valence-corrected chi connectivity index (χ2v) is 22.1. The van der Waals surface area contributed by atoms with E-state index in [0.717, 1.165) is 51.4 Å². The Morgan fingerprint density at radius 3 is 1.25 bits per heavy atom. The van der Waals surface area contributed by atoms with Gasteiger partial charge in [0.15, 0.2) is 0 Å². The van der Waals surface area contributed by atoms with E-state index in [1.165, 1.54) is 193 Å². The Morgan fingerprint density at radius 2 is 0.866 bits per heavy atom. The third-order valence-electron chi connectivity index (χ3n) is 12.8. The number of phosphoric ester groups is 1. The van der Waals surface area contributed by atoms with Crippen molar-refractivity contribution in [2.75, 3.05) is 40.9 Å². The summed E-state index contributed by atoms with van der Waals surface area (Å²) in [7, 11) is 1.26. The molecule has 0 radical (unpaired) electrons. The Labute approximate surface area is 416 Å². The average Bonchev–Trinajstić information content (AvgIpc) is 3.29. The summed E-state index contributed by atoms with van der Waals surface area (Å²) >= 11 is 0. The smallest absolute Gasteiger partial charge is 0.268 e. The lowest BCUT2D eigenvalue weighted by molar-refractivity contribution is -0.870. The van der Waals surface area contributed by atoms with Crippen molar-refractivity contribution in [1.82, 2.24) is 5.32 Å². The number of phosphoric acid groups is 1. The minimum Gasteiger partial charge on any atom is -0.756 e. The largest absolute Gasteiger partial charge is 0.756 e. The molecule has 0 saturated heterocycles. The lowest BCUT2D eigenvalue weighted by Gasteiger charge is -2.29. The van der Waals surface area contributed by atoms with Crippen molar-refractivity contribution in [3.8, 4) is 0 Å². The first kappa shape index (κ1) is 65.5. The topological polar surface area (TPSA) is 108 Å². The van der Waals surface area contributed by atoms with Crippen molar-refractivity contribution in [2.45, 2.75) is 276 Å². The highest BCUT2D eigenvalue weighted by molar-refractivity contribution is 7.45. The van der Waals surface area contributed by atoms with Gasteiger partial charge in [0, 0.05) is 6.42 Å². The number of nitrogens with zero attached hydrogens (tertiary/aromatic N) is 1. The van der Waals surface area contributed by atoms with Crippen LogP contribution in [0.5, 0.6) is 0 Å². The van der Waals surface area contributed by atoms with E-state index in [9.17, 15) is 19.4 Å². The van der Waals surface area contributed by atoms with E-state index in [2.05, 4.69) is 55.6 Å². The molecule has 8 nitrogen and oxygen atoms in total. The van der Waals surface area contributed by atoms with Crippen LogP contribution in [0.1, 0.15) is 264 Å². The molecule has 0 aromatic rings. The van der Waals surface area contributed by atoms with Crippen molar-refractivity contribution in [3.63, 3.8) is 0 Å². The summed E-state index contributed by atoms with van der Waals surface area (Å²) in [4.78, 5) is 25.3. The number of likely N-dealkylation sites (N-methyl/N-ethyl adjacent to an activating group) is 1. The average molecular weight is 964 g/mol. The van der Waals surface area contributed by atoms with E-state index in [4.69, 9.17) is 9.05 Å². The van der Waals surface area contributed by atoms with Gasteiger partial charge in [-0.3, -0.25) is 9.36 Å². The third-order valence-corrected chi connectivity index (χ3v) is 13.7. The molecule has 0 aliphatic heterocycles. The predicted octanol–water partition coefficient (Wildman–Crippen LogP) is 16.5. The minimum absolute atomic E-state index is 0.000510. The standard InChI is InChI=1S/C58H111N2O6P/c1-6-8-10-12-14-16-17-18-19-20-21-22-23-24-25-26-27-28-29-30-31-32-33-34-35-36-37-38-39-40-41-42-43-44-46-48-50-52-58(62)59-56(55-66-67(63,64)65-54-53-60(3,4)5)57(61)51-49-47-45-15-13-11-9-7-2/h17-18,20-21,23-24,49,51,56-57,61H,6-16,19,22,25-48,50,52-55H2,1-5H3,(H-,59,62,63,64)/b18-17-,21-20-,24-23-,51-49+. The normalized spacial score (nSPS) is 14.3. The molecule has 0 heterocycles. The van der Waals surface area contributed by atoms with Crippen molar-refractivity contribution in [1.29, 1.82) is 0 Å². The predicted molar refractivity (Wildman–Crippen MR) is 288 cm³/mol. The van der Waals surface area contributed by atoms with Crippen LogP contribution < -0.4 is 10.2 Å². The Balaban J connectivity index is 3.82. The summed E-state index contributed by atoms with van der Waals surface area (Å²) in [5, 5.41) is 13.7. The van der Waals surface area contributed by atoms with Gasteiger partial charge in [0.2, 0.25) is 5.91 Å². The molecule has 3 unspecified atom stereocenters. The highest BCUT2D eigenvalue weighted by atomic mass is 31.2. The van der Waals surface area contributed by atoms with Crippen LogP contribution >= 0.6 is 7.82 Å². The summed E-state index contributed by atoms with van der Waals surface area (Å²) in [5.41, 5.74) is 0. The molecule has 0 aromatic heterocycles. The van der Waals surface area contributed by atoms with Crippen molar-refractivity contribution in [3.05, 3.63) is 48.6 Å². The van der Waals surface area contributed by atoms with E-state index < -0.39 is 20.0 Å². The Bertz CT molecular complexity index is 1230. The number of carbonyl (C=O) groups excluding carboxylic acids is 1. The molecule has 0 aromatic carbocycles. The number of hydrogen-bond acceptors (Lipinski definition) is 6. The summed E-state index contributed by atoms with van der Waals surface area (Å²) in [6.07, 6.45) is 65.2. The molecule has 0 spiro atoms. The van der Waals surface area contributed by atoms with E-state index in [1.54, 1.807) is 6.08 Å². The van der Waals surface area contributed by atoms with Crippen LogP contribution in [-0.4, -0.2) is 68.5 Å². The van der Waals surface area contributed by atoms with Gasteiger partial charge in [-0.2, -0.15) is 0 Å². The molecule has 3 atom stereocenters. The van der Waals surface area contributed by atoms with Crippen LogP contribution in [-0.2, 0) is 18.4 Å². The van der Waals surface area contributed by atoms with Crippen LogP contribution in [0.2, 0.25) is 0 Å². The molecule has 0 aliphatic carbocycles. The Kier molecular flexibility index (Phi) is 48.3. The summed E-state index contributed by atoms with van der Waals surface area (Å²) in [5.74, 6) is -0.198. The second-order valence-electron chi connectivity index (χ2n) is 20.6. The van der Waals surface area contributed by atoms with Gasteiger partial charge >= 0.3 is 0 Å². The fourth-order valence-corrected chi connectivity index (χ4v) is 9.00. The monoisotopic (exact) mass is 963 g/mol. The lowest BCUT2D eigenvalue weighted by Crippen LogP contribution is -2.45. The number of rotatable bonds is 52. The molecule has 9 heteroatoms. The number of amides is 1. The fourth-order valence-electron chi connectivity index (χ4n) is 8.28. The van der Waals surface area contributed by atoms with E-state index in [1.807, 2.05) is 27.2 Å². The van der Waals surface area contributed by atoms with Gasteiger partial charge in [0.25, 0.3) is 7.82 Å². The fraction of sp³-hybridized carbons (Fsp3) is 0.845. The number of unbranched alkanes of at least 4 members (excludes halogenated alkanes) is 33. The van der Waals surface area contributed by atoms with Gasteiger partial charge in [-0.25, -0.2) is 0 Å². The molecular weight excluding hydrogens is 852 g/mol. The van der Waals surface area contributed by atoms with Crippen molar-refractivity contribution in [2.24, 2.45) is 0 Å². The summed E-state index contributed by atoms with van der Waals surface area (Å²) < 4.78 is 23.2. The van der Waals surface area contributed by atoms with Gasteiger partial charge in [0.05, 0.1) is 39.9 Å². The number of nitrogens with one attached hydrogen (secondary N) is 1. The molecule has 0 bridgehead atoms. The molecule has 0 fully saturated rings. The van der Waals surface area contributed by atoms with Crippen LogP contribution in [0.15, 0.2) is 48.6 Å². The van der Waals surface area contributed by atoms with Gasteiger partial charge < -0.3 is 28.8 Å². The maximum atomic E-state index is 12.9. The molecule has 1 amide bonds. The summed E-state index contributed by atoms with van der Waals surface area (Å²) in [6.45, 7) is 4.60. The van der Waals surface area contributed by atoms with Crippen LogP contribution in [0, 0.1) is 0 Å². The van der Waals surface area contributed by atoms with Gasteiger partial charge in [-0.05, 0) is 57.8 Å². The highest BCUT2D eigenvalue weighted by Gasteiger charge is 2.23. The molecule has 0 aliphatic rings.